The van der Waals surface area contributed by atoms with E-state index in [2.05, 4.69) is 4.98 Å². The summed E-state index contributed by atoms with van der Waals surface area (Å²) in [6, 6.07) is 17.6. The van der Waals surface area contributed by atoms with E-state index in [1.54, 1.807) is 0 Å². The topological polar surface area (TPSA) is 43.1 Å². The van der Waals surface area contributed by atoms with Gasteiger partial charge in [0.2, 0.25) is 0 Å². The summed E-state index contributed by atoms with van der Waals surface area (Å²) in [6.45, 7) is 1.97. The number of thiazole rings is 1. The fourth-order valence-electron chi connectivity index (χ4n) is 2.51. The summed E-state index contributed by atoms with van der Waals surface area (Å²) in [7, 11) is 0. The van der Waals surface area contributed by atoms with Crippen LogP contribution >= 0.6 is 11.3 Å². The fraction of sp³-hybridized carbons (Fsp3) is 0.0526. The summed E-state index contributed by atoms with van der Waals surface area (Å²) in [5.74, 6) is 0. The molecule has 0 aliphatic carbocycles. The average molecular weight is 319 g/mol. The van der Waals surface area contributed by atoms with Crippen molar-refractivity contribution >= 4 is 22.3 Å². The Morgan fingerprint density at radius 1 is 1.04 bits per heavy atom. The fourth-order valence-corrected chi connectivity index (χ4v) is 3.34. The first-order valence-electron chi connectivity index (χ1n) is 7.26. The van der Waals surface area contributed by atoms with E-state index in [4.69, 9.17) is 4.42 Å². The van der Waals surface area contributed by atoms with Crippen LogP contribution in [0, 0.1) is 6.92 Å². The molecule has 0 N–H and O–H groups in total. The highest BCUT2D eigenvalue weighted by Gasteiger charge is 2.12. The molecule has 112 valence electrons. The number of aromatic nitrogens is 1. The van der Waals surface area contributed by atoms with Crippen LogP contribution in [0.5, 0.6) is 0 Å². The molecular formula is C19H13NO2S. The van der Waals surface area contributed by atoms with Gasteiger partial charge in [-0.2, -0.15) is 0 Å². The standard InChI is InChI=1S/C19H13NO2S/c1-12-7-8-14-10-15(19(21)22-17(14)9-12)18-20-16(11-23-18)13-5-3-2-4-6-13/h2-11H,1H3. The number of fused-ring (bicyclic) bond motifs is 1. The van der Waals surface area contributed by atoms with Crippen molar-refractivity contribution in [2.45, 2.75) is 6.92 Å². The number of hydrogen-bond acceptors (Lipinski definition) is 4. The van der Waals surface area contributed by atoms with Gasteiger partial charge in [0.05, 0.1) is 11.3 Å². The van der Waals surface area contributed by atoms with Crippen molar-refractivity contribution in [3.63, 3.8) is 0 Å². The molecule has 2 aromatic heterocycles. The maximum Gasteiger partial charge on any atom is 0.346 e. The minimum absolute atomic E-state index is 0.350. The zero-order valence-corrected chi connectivity index (χ0v) is 13.3. The van der Waals surface area contributed by atoms with Gasteiger partial charge in [-0.3, -0.25) is 0 Å². The SMILES string of the molecule is Cc1ccc2cc(-c3nc(-c4ccccc4)cs3)c(=O)oc2c1. The minimum Gasteiger partial charge on any atom is -0.422 e. The van der Waals surface area contributed by atoms with Crippen molar-refractivity contribution in [1.82, 2.24) is 4.98 Å². The van der Waals surface area contributed by atoms with Crippen LogP contribution in [-0.4, -0.2) is 4.98 Å². The highest BCUT2D eigenvalue weighted by molar-refractivity contribution is 7.13. The Morgan fingerprint density at radius 2 is 1.87 bits per heavy atom. The lowest BCUT2D eigenvalue weighted by atomic mass is 10.1. The molecule has 0 amide bonds. The van der Waals surface area contributed by atoms with Gasteiger partial charge in [0.25, 0.3) is 0 Å². The Labute approximate surface area is 136 Å². The van der Waals surface area contributed by atoms with Gasteiger partial charge >= 0.3 is 5.63 Å². The molecule has 0 aliphatic heterocycles. The van der Waals surface area contributed by atoms with Gasteiger partial charge in [-0.25, -0.2) is 9.78 Å². The molecule has 0 saturated carbocycles. The van der Waals surface area contributed by atoms with Gasteiger partial charge in [-0.15, -0.1) is 11.3 Å². The minimum atomic E-state index is -0.350. The third-order valence-electron chi connectivity index (χ3n) is 3.70. The molecule has 4 rings (SSSR count). The molecule has 0 fully saturated rings. The molecule has 2 heterocycles. The van der Waals surface area contributed by atoms with Crippen LogP contribution in [0.25, 0.3) is 32.8 Å². The van der Waals surface area contributed by atoms with Crippen LogP contribution in [0.4, 0.5) is 0 Å². The van der Waals surface area contributed by atoms with Gasteiger partial charge in [0.1, 0.15) is 10.6 Å². The van der Waals surface area contributed by atoms with Gasteiger partial charge in [0.15, 0.2) is 0 Å². The van der Waals surface area contributed by atoms with Crippen LogP contribution < -0.4 is 5.63 Å². The molecule has 0 saturated heterocycles. The van der Waals surface area contributed by atoms with Crippen LogP contribution in [0.3, 0.4) is 0 Å². The predicted molar refractivity (Wildman–Crippen MR) is 93.8 cm³/mol. The summed E-state index contributed by atoms with van der Waals surface area (Å²) >= 11 is 1.45. The quantitative estimate of drug-likeness (QED) is 0.494. The first-order valence-corrected chi connectivity index (χ1v) is 8.14. The van der Waals surface area contributed by atoms with Gasteiger partial charge < -0.3 is 4.42 Å². The van der Waals surface area contributed by atoms with Crippen molar-refractivity contribution in [2.75, 3.05) is 0 Å². The molecule has 0 bridgehead atoms. The van der Waals surface area contributed by atoms with Crippen LogP contribution in [0.1, 0.15) is 5.56 Å². The van der Waals surface area contributed by atoms with Crippen LogP contribution in [-0.2, 0) is 0 Å². The number of aryl methyl sites for hydroxylation is 1. The maximum atomic E-state index is 12.3. The molecule has 23 heavy (non-hydrogen) atoms. The molecule has 2 aromatic carbocycles. The summed E-state index contributed by atoms with van der Waals surface area (Å²) in [5, 5.41) is 3.55. The van der Waals surface area contributed by atoms with E-state index in [0.717, 1.165) is 22.2 Å². The lowest BCUT2D eigenvalue weighted by Gasteiger charge is -2.00. The van der Waals surface area contributed by atoms with E-state index < -0.39 is 0 Å². The van der Waals surface area contributed by atoms with Crippen molar-refractivity contribution in [1.29, 1.82) is 0 Å². The largest absolute Gasteiger partial charge is 0.422 e. The van der Waals surface area contributed by atoms with Gasteiger partial charge in [-0.05, 0) is 24.6 Å². The zero-order valence-electron chi connectivity index (χ0n) is 12.4. The van der Waals surface area contributed by atoms with Crippen molar-refractivity contribution in [2.24, 2.45) is 0 Å². The summed E-state index contributed by atoms with van der Waals surface area (Å²) in [6.07, 6.45) is 0. The molecular weight excluding hydrogens is 306 g/mol. The number of nitrogens with zero attached hydrogens (tertiary/aromatic N) is 1. The van der Waals surface area contributed by atoms with Crippen molar-refractivity contribution in [3.8, 4) is 21.8 Å². The zero-order chi connectivity index (χ0) is 15.8. The molecule has 0 spiro atoms. The smallest absolute Gasteiger partial charge is 0.346 e. The lowest BCUT2D eigenvalue weighted by molar-refractivity contribution is 0.563. The molecule has 4 aromatic rings. The molecule has 0 atom stereocenters. The van der Waals surface area contributed by atoms with E-state index in [1.807, 2.05) is 66.9 Å². The summed E-state index contributed by atoms with van der Waals surface area (Å²) in [4.78, 5) is 16.9. The normalized spacial score (nSPS) is 11.0. The van der Waals surface area contributed by atoms with Crippen molar-refractivity contribution in [3.05, 3.63) is 76.0 Å². The van der Waals surface area contributed by atoms with Crippen LogP contribution in [0.2, 0.25) is 0 Å². The molecule has 0 unspecified atom stereocenters. The second-order valence-electron chi connectivity index (χ2n) is 5.39. The summed E-state index contributed by atoms with van der Waals surface area (Å²) in [5.41, 5.74) is 3.74. The molecule has 0 radical (unpaired) electrons. The number of hydrogen-bond donors (Lipinski definition) is 0. The Kier molecular flexibility index (Phi) is 3.32. The average Bonchev–Trinajstić information content (AvgIpc) is 3.05. The van der Waals surface area contributed by atoms with E-state index in [0.29, 0.717) is 16.2 Å². The third kappa shape index (κ3) is 2.58. The Morgan fingerprint density at radius 3 is 2.70 bits per heavy atom. The maximum absolute atomic E-state index is 12.3. The van der Waals surface area contributed by atoms with Gasteiger partial charge in [-0.1, -0.05) is 42.5 Å². The first kappa shape index (κ1) is 13.9. The van der Waals surface area contributed by atoms with Crippen molar-refractivity contribution < 1.29 is 4.42 Å². The van der Waals surface area contributed by atoms with E-state index in [1.165, 1.54) is 11.3 Å². The van der Waals surface area contributed by atoms with Gasteiger partial charge in [0, 0.05) is 16.3 Å². The van der Waals surface area contributed by atoms with E-state index in [9.17, 15) is 4.79 Å². The van der Waals surface area contributed by atoms with E-state index >= 15 is 0 Å². The molecule has 3 nitrogen and oxygen atoms in total. The second-order valence-corrected chi connectivity index (χ2v) is 6.25. The number of rotatable bonds is 2. The predicted octanol–water partition coefficient (Wildman–Crippen LogP) is 4.89. The first-order chi connectivity index (χ1) is 11.2. The monoisotopic (exact) mass is 319 g/mol. The van der Waals surface area contributed by atoms with E-state index in [-0.39, 0.29) is 5.63 Å². The molecule has 4 heteroatoms. The Balaban J connectivity index is 1.83. The second kappa shape index (κ2) is 5.48. The highest BCUT2D eigenvalue weighted by atomic mass is 32.1. The Hall–Kier alpha value is -2.72. The summed E-state index contributed by atoms with van der Waals surface area (Å²) < 4.78 is 5.45. The Bertz CT molecular complexity index is 1050. The third-order valence-corrected chi connectivity index (χ3v) is 4.57. The van der Waals surface area contributed by atoms with Crippen LogP contribution in [0.15, 0.2) is 69.2 Å². The lowest BCUT2D eigenvalue weighted by Crippen LogP contribution is -2.02. The molecule has 0 aliphatic rings. The number of benzene rings is 2. The highest BCUT2D eigenvalue weighted by Crippen LogP contribution is 2.28.